The van der Waals surface area contributed by atoms with Gasteiger partial charge in [-0.25, -0.2) is 4.79 Å². The molecule has 0 atom stereocenters. The van der Waals surface area contributed by atoms with E-state index in [9.17, 15) is 4.79 Å². The van der Waals surface area contributed by atoms with E-state index in [1.807, 2.05) is 12.1 Å². The van der Waals surface area contributed by atoms with Crippen molar-refractivity contribution in [2.75, 3.05) is 0 Å². The quantitative estimate of drug-likeness (QED) is 0.538. The molecule has 1 saturated carbocycles. The van der Waals surface area contributed by atoms with Crippen LogP contribution >= 0.6 is 11.6 Å². The Morgan fingerprint density at radius 1 is 1.13 bits per heavy atom. The fourth-order valence-corrected chi connectivity index (χ4v) is 4.05. The highest BCUT2D eigenvalue weighted by molar-refractivity contribution is 6.33. The first-order valence-electron chi connectivity index (χ1n) is 9.14. The minimum Gasteiger partial charge on any atom is -0.478 e. The van der Waals surface area contributed by atoms with Crippen LogP contribution in [0.4, 0.5) is 0 Å². The van der Waals surface area contributed by atoms with Crippen LogP contribution in [0, 0.1) is 5.92 Å². The summed E-state index contributed by atoms with van der Waals surface area (Å²) in [5, 5.41) is 9.42. The molecule has 23 heavy (non-hydrogen) atoms. The van der Waals surface area contributed by atoms with Gasteiger partial charge in [0.05, 0.1) is 10.6 Å². The van der Waals surface area contributed by atoms with Crippen molar-refractivity contribution in [1.82, 2.24) is 0 Å². The van der Waals surface area contributed by atoms with Crippen LogP contribution in [0.3, 0.4) is 0 Å². The third-order valence-corrected chi connectivity index (χ3v) is 5.57. The molecule has 0 aliphatic heterocycles. The maximum absolute atomic E-state index is 11.0. The standard InChI is InChI=1S/C20H29ClO2/c1-2-3-4-5-6-7-15-8-10-16(11-9-15)17-12-13-18(20(22)23)19(21)14-17/h12-16H,2-11H2,1H3,(H,22,23)/t15-,16-. The Hall–Kier alpha value is -1.02. The maximum atomic E-state index is 11.0. The minimum absolute atomic E-state index is 0.205. The Bertz CT molecular complexity index is 504. The molecule has 0 unspecified atom stereocenters. The molecule has 1 aromatic carbocycles. The van der Waals surface area contributed by atoms with Gasteiger partial charge in [-0.15, -0.1) is 0 Å². The monoisotopic (exact) mass is 336 g/mol. The van der Waals surface area contributed by atoms with Gasteiger partial charge in [0.25, 0.3) is 0 Å². The molecule has 2 nitrogen and oxygen atoms in total. The molecule has 0 radical (unpaired) electrons. The molecule has 3 heteroatoms. The second-order valence-electron chi connectivity index (χ2n) is 6.96. The van der Waals surface area contributed by atoms with Gasteiger partial charge in [0.1, 0.15) is 0 Å². The molecule has 1 aliphatic rings. The third-order valence-electron chi connectivity index (χ3n) is 5.26. The summed E-state index contributed by atoms with van der Waals surface area (Å²) in [7, 11) is 0. The van der Waals surface area contributed by atoms with Crippen LogP contribution in [-0.4, -0.2) is 11.1 Å². The maximum Gasteiger partial charge on any atom is 0.337 e. The summed E-state index contributed by atoms with van der Waals surface area (Å²) >= 11 is 6.10. The van der Waals surface area contributed by atoms with Crippen LogP contribution < -0.4 is 0 Å². The van der Waals surface area contributed by atoms with Gasteiger partial charge < -0.3 is 5.11 Å². The van der Waals surface area contributed by atoms with Crippen molar-refractivity contribution in [3.8, 4) is 0 Å². The number of carbonyl (C=O) groups is 1. The van der Waals surface area contributed by atoms with Gasteiger partial charge in [0.2, 0.25) is 0 Å². The number of hydrogen-bond donors (Lipinski definition) is 1. The molecule has 1 fully saturated rings. The lowest BCUT2D eigenvalue weighted by Crippen LogP contribution is -2.13. The van der Waals surface area contributed by atoms with Crippen molar-refractivity contribution in [2.45, 2.75) is 77.0 Å². The van der Waals surface area contributed by atoms with Gasteiger partial charge in [-0.05, 0) is 55.2 Å². The molecule has 0 amide bonds. The number of carboxylic acid groups (broad SMARTS) is 1. The van der Waals surface area contributed by atoms with E-state index in [-0.39, 0.29) is 5.56 Å². The molecule has 0 aromatic heterocycles. The highest BCUT2D eigenvalue weighted by atomic mass is 35.5. The summed E-state index contributed by atoms with van der Waals surface area (Å²) in [4.78, 5) is 11.0. The first-order chi connectivity index (χ1) is 11.1. The first kappa shape index (κ1) is 18.3. The lowest BCUT2D eigenvalue weighted by molar-refractivity contribution is 0.0697. The number of halogens is 1. The average molecular weight is 337 g/mol. The number of rotatable bonds is 8. The van der Waals surface area contributed by atoms with Crippen molar-refractivity contribution in [3.63, 3.8) is 0 Å². The van der Waals surface area contributed by atoms with Gasteiger partial charge in [0.15, 0.2) is 0 Å². The van der Waals surface area contributed by atoms with E-state index in [0.29, 0.717) is 10.9 Å². The first-order valence-corrected chi connectivity index (χ1v) is 9.52. The molecular weight excluding hydrogens is 308 g/mol. The topological polar surface area (TPSA) is 37.3 Å². The smallest absolute Gasteiger partial charge is 0.337 e. The molecule has 1 aliphatic carbocycles. The average Bonchev–Trinajstić information content (AvgIpc) is 2.55. The highest BCUT2D eigenvalue weighted by Gasteiger charge is 2.23. The molecule has 0 bridgehead atoms. The van der Waals surface area contributed by atoms with Crippen molar-refractivity contribution < 1.29 is 9.90 Å². The summed E-state index contributed by atoms with van der Waals surface area (Å²) in [6.45, 7) is 2.26. The molecule has 1 N–H and O–H groups in total. The number of carboxylic acids is 1. The van der Waals surface area contributed by atoms with E-state index in [2.05, 4.69) is 6.92 Å². The zero-order chi connectivity index (χ0) is 16.7. The van der Waals surface area contributed by atoms with Crippen LogP contribution in [0.1, 0.15) is 93.0 Å². The summed E-state index contributed by atoms with van der Waals surface area (Å²) < 4.78 is 0. The lowest BCUT2D eigenvalue weighted by atomic mass is 9.77. The summed E-state index contributed by atoms with van der Waals surface area (Å²) in [5.41, 5.74) is 1.41. The third kappa shape index (κ3) is 5.53. The van der Waals surface area contributed by atoms with E-state index in [1.54, 1.807) is 6.07 Å². The molecular formula is C20H29ClO2. The van der Waals surface area contributed by atoms with Crippen LogP contribution in [0.25, 0.3) is 0 Å². The molecule has 0 saturated heterocycles. The van der Waals surface area contributed by atoms with E-state index >= 15 is 0 Å². The van der Waals surface area contributed by atoms with Gasteiger partial charge >= 0.3 is 5.97 Å². The van der Waals surface area contributed by atoms with Gasteiger partial charge in [-0.1, -0.05) is 63.1 Å². The van der Waals surface area contributed by atoms with E-state index in [0.717, 1.165) is 5.92 Å². The summed E-state index contributed by atoms with van der Waals surface area (Å²) in [5.74, 6) is 0.488. The Labute approximate surface area is 145 Å². The predicted octanol–water partition coefficient (Wildman–Crippen LogP) is 6.67. The van der Waals surface area contributed by atoms with Crippen LogP contribution in [0.5, 0.6) is 0 Å². The van der Waals surface area contributed by atoms with E-state index < -0.39 is 5.97 Å². The normalized spacial score (nSPS) is 21.3. The number of unbranched alkanes of at least 4 members (excludes halogenated alkanes) is 4. The summed E-state index contributed by atoms with van der Waals surface area (Å²) in [6.07, 6.45) is 13.3. The van der Waals surface area contributed by atoms with Crippen molar-refractivity contribution >= 4 is 17.6 Å². The number of hydrogen-bond acceptors (Lipinski definition) is 1. The zero-order valence-corrected chi connectivity index (χ0v) is 14.9. The van der Waals surface area contributed by atoms with Gasteiger partial charge in [-0.3, -0.25) is 0 Å². The number of aromatic carboxylic acids is 1. The number of benzene rings is 1. The van der Waals surface area contributed by atoms with Crippen molar-refractivity contribution in [1.29, 1.82) is 0 Å². The van der Waals surface area contributed by atoms with Crippen molar-refractivity contribution in [3.05, 3.63) is 34.3 Å². The Balaban J connectivity index is 1.78. The molecule has 1 aromatic rings. The molecule has 0 spiro atoms. The second-order valence-corrected chi connectivity index (χ2v) is 7.37. The summed E-state index contributed by atoms with van der Waals surface area (Å²) in [6, 6.07) is 5.46. The van der Waals surface area contributed by atoms with E-state index in [1.165, 1.54) is 69.8 Å². The Kier molecular flexibility index (Phi) is 7.42. The predicted molar refractivity (Wildman–Crippen MR) is 96.5 cm³/mol. The second kappa shape index (κ2) is 9.32. The Morgan fingerprint density at radius 2 is 1.83 bits per heavy atom. The Morgan fingerprint density at radius 3 is 2.43 bits per heavy atom. The molecule has 0 heterocycles. The van der Waals surface area contributed by atoms with Gasteiger partial charge in [-0.2, -0.15) is 0 Å². The van der Waals surface area contributed by atoms with Crippen LogP contribution in [-0.2, 0) is 0 Å². The lowest BCUT2D eigenvalue weighted by Gasteiger charge is -2.29. The highest BCUT2D eigenvalue weighted by Crippen LogP contribution is 2.38. The van der Waals surface area contributed by atoms with Gasteiger partial charge in [0, 0.05) is 0 Å². The van der Waals surface area contributed by atoms with Crippen molar-refractivity contribution in [2.24, 2.45) is 5.92 Å². The molecule has 128 valence electrons. The minimum atomic E-state index is -0.951. The fourth-order valence-electron chi connectivity index (χ4n) is 3.78. The molecule has 2 rings (SSSR count). The fraction of sp³-hybridized carbons (Fsp3) is 0.650. The van der Waals surface area contributed by atoms with Crippen LogP contribution in [0.15, 0.2) is 18.2 Å². The van der Waals surface area contributed by atoms with E-state index in [4.69, 9.17) is 16.7 Å². The van der Waals surface area contributed by atoms with Crippen LogP contribution in [0.2, 0.25) is 5.02 Å². The zero-order valence-electron chi connectivity index (χ0n) is 14.2. The SMILES string of the molecule is CCCCCCC[C@H]1CC[C@H](c2ccc(C(=O)O)c(Cl)c2)CC1. The largest absolute Gasteiger partial charge is 0.478 e.